The van der Waals surface area contributed by atoms with Gasteiger partial charge >= 0.3 is 0 Å². The minimum absolute atomic E-state index is 0.383. The highest BCUT2D eigenvalue weighted by molar-refractivity contribution is 5.84. The molecule has 1 aliphatic carbocycles. The van der Waals surface area contributed by atoms with Gasteiger partial charge in [-0.15, -0.1) is 0 Å². The second kappa shape index (κ2) is 7.64. The number of nitrogens with one attached hydrogen (secondary N) is 1. The van der Waals surface area contributed by atoms with Crippen LogP contribution in [0.4, 0.5) is 5.82 Å². The lowest BCUT2D eigenvalue weighted by molar-refractivity contribution is 0.417. The van der Waals surface area contributed by atoms with E-state index < -0.39 is 0 Å². The van der Waals surface area contributed by atoms with Crippen LogP contribution in [0.25, 0.3) is 10.8 Å². The SMILES string of the molecule is c1ccc(N[C@H]2CCCCCC[C@@H]2c2nccc3ccccc23)nc1. The van der Waals surface area contributed by atoms with E-state index >= 15 is 0 Å². The Hall–Kier alpha value is -2.42. The Bertz CT molecular complexity index is 810. The molecule has 3 heteroatoms. The molecule has 1 aromatic carbocycles. The molecule has 0 bridgehead atoms. The van der Waals surface area contributed by atoms with Crippen molar-refractivity contribution in [2.75, 3.05) is 5.32 Å². The Balaban J connectivity index is 1.71. The first-order valence-corrected chi connectivity index (χ1v) is 9.43. The van der Waals surface area contributed by atoms with Gasteiger partial charge in [0, 0.05) is 29.7 Å². The molecule has 0 saturated heterocycles. The van der Waals surface area contributed by atoms with E-state index in [2.05, 4.69) is 46.7 Å². The Morgan fingerprint density at radius 3 is 2.48 bits per heavy atom. The van der Waals surface area contributed by atoms with E-state index in [1.165, 1.54) is 55.0 Å². The number of hydrogen-bond donors (Lipinski definition) is 1. The molecule has 4 rings (SSSR count). The largest absolute Gasteiger partial charge is 0.367 e. The molecule has 0 radical (unpaired) electrons. The van der Waals surface area contributed by atoms with Gasteiger partial charge in [0.2, 0.25) is 0 Å². The highest BCUT2D eigenvalue weighted by Gasteiger charge is 2.27. The van der Waals surface area contributed by atoms with Crippen molar-refractivity contribution in [3.05, 3.63) is 66.6 Å². The fraction of sp³-hybridized carbons (Fsp3) is 0.364. The number of pyridine rings is 2. The molecule has 0 spiro atoms. The summed E-state index contributed by atoms with van der Waals surface area (Å²) >= 11 is 0. The molecule has 1 fully saturated rings. The van der Waals surface area contributed by atoms with Crippen LogP contribution in [0.15, 0.2) is 60.9 Å². The van der Waals surface area contributed by atoms with Crippen molar-refractivity contribution in [1.82, 2.24) is 9.97 Å². The summed E-state index contributed by atoms with van der Waals surface area (Å²) in [5, 5.41) is 6.29. The Morgan fingerprint density at radius 1 is 0.760 bits per heavy atom. The fourth-order valence-corrected chi connectivity index (χ4v) is 4.06. The van der Waals surface area contributed by atoms with Crippen molar-refractivity contribution in [1.29, 1.82) is 0 Å². The van der Waals surface area contributed by atoms with Crippen molar-refractivity contribution >= 4 is 16.6 Å². The molecule has 3 aromatic rings. The summed E-state index contributed by atoms with van der Waals surface area (Å²) in [5.41, 5.74) is 1.24. The van der Waals surface area contributed by atoms with E-state index in [-0.39, 0.29) is 0 Å². The lowest BCUT2D eigenvalue weighted by Crippen LogP contribution is -2.30. The molecule has 1 saturated carbocycles. The third kappa shape index (κ3) is 3.65. The second-order valence-electron chi connectivity index (χ2n) is 6.98. The summed E-state index contributed by atoms with van der Waals surface area (Å²) in [6.45, 7) is 0. The monoisotopic (exact) mass is 331 g/mol. The van der Waals surface area contributed by atoms with E-state index in [0.29, 0.717) is 12.0 Å². The highest BCUT2D eigenvalue weighted by Crippen LogP contribution is 2.35. The number of nitrogens with zero attached hydrogens (tertiary/aromatic N) is 2. The van der Waals surface area contributed by atoms with Crippen LogP contribution < -0.4 is 5.32 Å². The van der Waals surface area contributed by atoms with Crippen LogP contribution in [-0.4, -0.2) is 16.0 Å². The predicted octanol–water partition coefficient (Wildman–Crippen LogP) is 5.55. The van der Waals surface area contributed by atoms with Crippen molar-refractivity contribution in [3.8, 4) is 0 Å². The molecule has 0 unspecified atom stereocenters. The lowest BCUT2D eigenvalue weighted by Gasteiger charge is -2.31. The van der Waals surface area contributed by atoms with Gasteiger partial charge < -0.3 is 5.32 Å². The molecule has 2 atom stereocenters. The van der Waals surface area contributed by atoms with E-state index in [1.54, 1.807) is 0 Å². The summed E-state index contributed by atoms with van der Waals surface area (Å²) in [4.78, 5) is 9.32. The zero-order valence-electron chi connectivity index (χ0n) is 14.6. The normalized spacial score (nSPS) is 21.4. The molecule has 1 N–H and O–H groups in total. The molecule has 0 amide bonds. The fourth-order valence-electron chi connectivity index (χ4n) is 4.06. The smallest absolute Gasteiger partial charge is 0.126 e. The van der Waals surface area contributed by atoms with Crippen molar-refractivity contribution in [2.24, 2.45) is 0 Å². The first kappa shape index (κ1) is 16.1. The Labute approximate surface area is 149 Å². The van der Waals surface area contributed by atoms with Gasteiger partial charge in [-0.2, -0.15) is 0 Å². The van der Waals surface area contributed by atoms with Gasteiger partial charge in [0.05, 0.1) is 5.69 Å². The third-order valence-electron chi connectivity index (χ3n) is 5.32. The molecular formula is C22H25N3. The minimum atomic E-state index is 0.383. The van der Waals surface area contributed by atoms with Crippen LogP contribution in [-0.2, 0) is 0 Å². The molecule has 1 aliphatic rings. The highest BCUT2D eigenvalue weighted by atomic mass is 15.0. The number of aromatic nitrogens is 2. The topological polar surface area (TPSA) is 37.8 Å². The van der Waals surface area contributed by atoms with Gasteiger partial charge in [-0.05, 0) is 36.4 Å². The number of hydrogen-bond acceptors (Lipinski definition) is 3. The maximum atomic E-state index is 4.83. The Kier molecular flexibility index (Phi) is 4.91. The molecule has 2 heterocycles. The maximum Gasteiger partial charge on any atom is 0.126 e. The summed E-state index contributed by atoms with van der Waals surface area (Å²) in [7, 11) is 0. The van der Waals surface area contributed by atoms with Gasteiger partial charge in [0.15, 0.2) is 0 Å². The van der Waals surface area contributed by atoms with Gasteiger partial charge in [-0.1, -0.05) is 56.0 Å². The van der Waals surface area contributed by atoms with Gasteiger partial charge in [0.25, 0.3) is 0 Å². The number of benzene rings is 1. The molecule has 0 aliphatic heterocycles. The van der Waals surface area contributed by atoms with Gasteiger partial charge in [0.1, 0.15) is 5.82 Å². The summed E-state index contributed by atoms with van der Waals surface area (Å²) in [6.07, 6.45) is 11.4. The summed E-state index contributed by atoms with van der Waals surface area (Å²) < 4.78 is 0. The maximum absolute atomic E-state index is 4.83. The van der Waals surface area contributed by atoms with E-state index in [1.807, 2.05) is 24.5 Å². The van der Waals surface area contributed by atoms with E-state index in [9.17, 15) is 0 Å². The standard InChI is InChI=1S/C22H25N3/c1-2-4-12-20(25-21-13-7-8-15-23-21)19(11-3-1)22-18-10-6-5-9-17(18)14-16-24-22/h5-10,13-16,19-20H,1-4,11-12H2,(H,23,25)/t19-,20-/m0/s1. The molecular weight excluding hydrogens is 306 g/mol. The predicted molar refractivity (Wildman–Crippen MR) is 104 cm³/mol. The number of fused-ring (bicyclic) bond motifs is 1. The number of rotatable bonds is 3. The van der Waals surface area contributed by atoms with E-state index in [4.69, 9.17) is 4.98 Å². The van der Waals surface area contributed by atoms with Crippen LogP contribution in [0, 0.1) is 0 Å². The van der Waals surface area contributed by atoms with Gasteiger partial charge in [-0.3, -0.25) is 4.98 Å². The van der Waals surface area contributed by atoms with Crippen LogP contribution in [0.5, 0.6) is 0 Å². The first-order valence-electron chi connectivity index (χ1n) is 9.43. The second-order valence-corrected chi connectivity index (χ2v) is 6.98. The first-order chi connectivity index (χ1) is 12.4. The zero-order chi connectivity index (χ0) is 16.9. The van der Waals surface area contributed by atoms with Crippen LogP contribution in [0.3, 0.4) is 0 Å². The average molecular weight is 331 g/mol. The van der Waals surface area contributed by atoms with Crippen molar-refractivity contribution < 1.29 is 0 Å². The summed E-state index contributed by atoms with van der Waals surface area (Å²) in [5.74, 6) is 1.40. The quantitative estimate of drug-likeness (QED) is 0.684. The molecule has 25 heavy (non-hydrogen) atoms. The zero-order valence-corrected chi connectivity index (χ0v) is 14.6. The van der Waals surface area contributed by atoms with Crippen molar-refractivity contribution in [2.45, 2.75) is 50.5 Å². The van der Waals surface area contributed by atoms with Gasteiger partial charge in [-0.25, -0.2) is 4.98 Å². The van der Waals surface area contributed by atoms with Crippen LogP contribution in [0.1, 0.15) is 50.1 Å². The molecule has 2 aromatic heterocycles. The molecule has 128 valence electrons. The third-order valence-corrected chi connectivity index (χ3v) is 5.32. The average Bonchev–Trinajstić information content (AvgIpc) is 2.65. The summed E-state index contributed by atoms with van der Waals surface area (Å²) in [6, 6.07) is 17.2. The van der Waals surface area contributed by atoms with Crippen LogP contribution in [0.2, 0.25) is 0 Å². The minimum Gasteiger partial charge on any atom is -0.367 e. The Morgan fingerprint density at radius 2 is 1.60 bits per heavy atom. The molecule has 3 nitrogen and oxygen atoms in total. The van der Waals surface area contributed by atoms with Crippen LogP contribution >= 0.6 is 0 Å². The van der Waals surface area contributed by atoms with E-state index in [0.717, 1.165) is 5.82 Å². The number of anilines is 1. The van der Waals surface area contributed by atoms with Crippen molar-refractivity contribution in [3.63, 3.8) is 0 Å². The lowest BCUT2D eigenvalue weighted by atomic mass is 9.83.